The van der Waals surface area contributed by atoms with Gasteiger partial charge in [-0.1, -0.05) is 0 Å². The number of carbonyl (C=O) groups excluding carboxylic acids is 1. The molecule has 9 heteroatoms. The van der Waals surface area contributed by atoms with Gasteiger partial charge in [0.1, 0.15) is 12.4 Å². The number of nitrogen functional groups attached to an aromatic ring is 1. The molecule has 5 heterocycles. The minimum Gasteiger partial charge on any atom is -0.475 e. The number of aromatic nitrogens is 5. The van der Waals surface area contributed by atoms with E-state index in [4.69, 9.17) is 15.5 Å². The zero-order valence-electron chi connectivity index (χ0n) is 20.3. The number of fused-ring (bicyclic) bond motifs is 4. The van der Waals surface area contributed by atoms with Gasteiger partial charge in [0.15, 0.2) is 0 Å². The van der Waals surface area contributed by atoms with Crippen LogP contribution in [0.25, 0.3) is 32.9 Å². The monoisotopic (exact) mass is 491 g/mol. The summed E-state index contributed by atoms with van der Waals surface area (Å²) in [6.07, 6.45) is 9.46. The zero-order chi connectivity index (χ0) is 25.1. The lowest BCUT2D eigenvalue weighted by atomic mass is 10.0. The molecule has 1 atom stereocenters. The van der Waals surface area contributed by atoms with Crippen LogP contribution in [0.5, 0.6) is 5.88 Å². The minimum absolute atomic E-state index is 0.0274. The summed E-state index contributed by atoms with van der Waals surface area (Å²) in [7, 11) is 1.88. The highest BCUT2D eigenvalue weighted by atomic mass is 16.5. The van der Waals surface area contributed by atoms with Gasteiger partial charge < -0.3 is 15.4 Å². The Balaban J connectivity index is 1.26. The molecule has 0 radical (unpaired) electrons. The van der Waals surface area contributed by atoms with Gasteiger partial charge in [0.05, 0.1) is 23.4 Å². The van der Waals surface area contributed by atoms with Crippen molar-refractivity contribution >= 4 is 33.4 Å². The van der Waals surface area contributed by atoms with Crippen LogP contribution in [0.1, 0.15) is 34.8 Å². The topological polar surface area (TPSA) is 112 Å². The van der Waals surface area contributed by atoms with E-state index >= 15 is 0 Å². The maximum atomic E-state index is 14.0. The normalized spacial score (nSPS) is 16.6. The molecular formula is C28H25N7O2. The molecule has 7 rings (SSSR count). The lowest BCUT2D eigenvalue weighted by molar-refractivity contribution is 0.0637. The van der Waals surface area contributed by atoms with Gasteiger partial charge in [0.25, 0.3) is 5.91 Å². The number of anilines is 1. The third-order valence-electron chi connectivity index (χ3n) is 7.29. The Morgan fingerprint density at radius 1 is 1.11 bits per heavy atom. The van der Waals surface area contributed by atoms with Crippen molar-refractivity contribution in [2.75, 3.05) is 18.9 Å². The first-order valence-corrected chi connectivity index (χ1v) is 12.4. The summed E-state index contributed by atoms with van der Waals surface area (Å²) in [5.41, 5.74) is 10.2. The van der Waals surface area contributed by atoms with Gasteiger partial charge >= 0.3 is 0 Å². The van der Waals surface area contributed by atoms with E-state index in [1.165, 1.54) is 0 Å². The van der Waals surface area contributed by atoms with Crippen molar-refractivity contribution in [1.29, 1.82) is 0 Å². The van der Waals surface area contributed by atoms with Crippen molar-refractivity contribution in [1.82, 2.24) is 29.6 Å². The number of hydrogen-bond donors (Lipinski definition) is 1. The van der Waals surface area contributed by atoms with E-state index in [-0.39, 0.29) is 11.9 Å². The van der Waals surface area contributed by atoms with Gasteiger partial charge in [0.2, 0.25) is 5.88 Å². The van der Waals surface area contributed by atoms with Crippen molar-refractivity contribution in [3.8, 4) is 17.1 Å². The molecule has 1 aromatic carbocycles. The first-order chi connectivity index (χ1) is 18.0. The Hall–Kier alpha value is -4.53. The summed E-state index contributed by atoms with van der Waals surface area (Å²) in [5.74, 6) is 1.52. The number of benzene rings is 1. The lowest BCUT2D eigenvalue weighted by Gasteiger charge is -2.28. The highest BCUT2D eigenvalue weighted by molar-refractivity contribution is 6.11. The van der Waals surface area contributed by atoms with Crippen molar-refractivity contribution in [3.05, 3.63) is 72.3 Å². The fourth-order valence-corrected chi connectivity index (χ4v) is 5.14. The summed E-state index contributed by atoms with van der Waals surface area (Å²) in [5, 5.41) is 6.81. The summed E-state index contributed by atoms with van der Waals surface area (Å²) < 4.78 is 7.77. The molecular weight excluding hydrogens is 466 g/mol. The van der Waals surface area contributed by atoms with Crippen LogP contribution in [-0.2, 0) is 7.05 Å². The summed E-state index contributed by atoms with van der Waals surface area (Å²) in [4.78, 5) is 29.5. The van der Waals surface area contributed by atoms with Crippen LogP contribution in [0.15, 0.2) is 61.2 Å². The lowest BCUT2D eigenvalue weighted by Crippen LogP contribution is -2.37. The number of pyridine rings is 3. The number of rotatable bonds is 5. The van der Waals surface area contributed by atoms with Crippen LogP contribution in [-0.4, -0.2) is 48.7 Å². The van der Waals surface area contributed by atoms with Crippen molar-refractivity contribution in [3.63, 3.8) is 0 Å². The first-order valence-electron chi connectivity index (χ1n) is 12.4. The Bertz CT molecular complexity index is 1690. The second-order valence-electron chi connectivity index (χ2n) is 9.87. The fraction of sp³-hybridized carbons (Fsp3) is 0.250. The maximum absolute atomic E-state index is 14.0. The second kappa shape index (κ2) is 8.26. The third-order valence-corrected chi connectivity index (χ3v) is 7.29. The molecule has 1 aliphatic heterocycles. The molecule has 37 heavy (non-hydrogen) atoms. The van der Waals surface area contributed by atoms with Crippen molar-refractivity contribution in [2.45, 2.75) is 18.9 Å². The summed E-state index contributed by atoms with van der Waals surface area (Å²) in [6, 6.07) is 11.3. The Morgan fingerprint density at radius 3 is 2.81 bits per heavy atom. The molecule has 0 saturated heterocycles. The zero-order valence-corrected chi connectivity index (χ0v) is 20.3. The van der Waals surface area contributed by atoms with E-state index in [1.807, 2.05) is 54.5 Å². The Labute approximate surface area is 212 Å². The van der Waals surface area contributed by atoms with Crippen LogP contribution < -0.4 is 10.5 Å². The van der Waals surface area contributed by atoms with E-state index in [9.17, 15) is 4.79 Å². The molecule has 2 aliphatic rings. The number of amides is 1. The van der Waals surface area contributed by atoms with E-state index in [0.717, 1.165) is 51.3 Å². The number of nitrogens with zero attached hydrogens (tertiary/aromatic N) is 6. The minimum atomic E-state index is -0.197. The van der Waals surface area contributed by atoms with Gasteiger partial charge in [0, 0.05) is 65.0 Å². The molecule has 1 unspecified atom stereocenters. The molecule has 1 fully saturated rings. The van der Waals surface area contributed by atoms with Gasteiger partial charge in [-0.25, -0.2) is 9.97 Å². The molecule has 0 spiro atoms. The molecule has 1 amide bonds. The van der Waals surface area contributed by atoms with Crippen LogP contribution in [0.4, 0.5) is 5.82 Å². The Morgan fingerprint density at radius 2 is 2.00 bits per heavy atom. The average molecular weight is 492 g/mol. The van der Waals surface area contributed by atoms with E-state index in [1.54, 1.807) is 23.3 Å². The summed E-state index contributed by atoms with van der Waals surface area (Å²) in [6.45, 7) is 1.08. The third kappa shape index (κ3) is 3.74. The number of carbonyl (C=O) groups is 1. The van der Waals surface area contributed by atoms with Gasteiger partial charge in [-0.2, -0.15) is 5.10 Å². The SMILES string of the molecule is Cn1cc(-c2ccc3c(n2)OCC3N(CC2CC2)C(=O)c2ccc3nc(N)c4ccncc4c3c2)cn1. The molecule has 184 valence electrons. The van der Waals surface area contributed by atoms with Gasteiger partial charge in [-0.05, 0) is 55.2 Å². The predicted molar refractivity (Wildman–Crippen MR) is 140 cm³/mol. The highest BCUT2D eigenvalue weighted by Gasteiger charge is 2.37. The smallest absolute Gasteiger partial charge is 0.254 e. The van der Waals surface area contributed by atoms with E-state index < -0.39 is 0 Å². The van der Waals surface area contributed by atoms with Crippen LogP contribution in [0.3, 0.4) is 0 Å². The van der Waals surface area contributed by atoms with Gasteiger partial charge in [-0.3, -0.25) is 14.5 Å². The Kier molecular flexibility index (Phi) is 4.85. The number of aryl methyl sites for hydroxylation is 1. The number of hydrogen-bond acceptors (Lipinski definition) is 7. The van der Waals surface area contributed by atoms with Crippen LogP contribution in [0, 0.1) is 5.92 Å². The van der Waals surface area contributed by atoms with Crippen molar-refractivity contribution < 1.29 is 9.53 Å². The van der Waals surface area contributed by atoms with Crippen LogP contribution >= 0.6 is 0 Å². The molecule has 1 aliphatic carbocycles. The average Bonchev–Trinajstić information content (AvgIpc) is 3.48. The van der Waals surface area contributed by atoms with Gasteiger partial charge in [-0.15, -0.1) is 0 Å². The van der Waals surface area contributed by atoms with E-state index in [0.29, 0.717) is 36.3 Å². The first kappa shape index (κ1) is 21.7. The molecule has 5 aromatic rings. The molecule has 9 nitrogen and oxygen atoms in total. The van der Waals surface area contributed by atoms with Crippen LogP contribution in [0.2, 0.25) is 0 Å². The standard InChI is InChI=1S/C28H25N7O2/c1-34-14-18(11-31-34)23-7-5-20-25(15-37-27(20)33-23)35(13-16-2-3-16)28(36)17-4-6-24-21(10-17)22-12-30-9-8-19(22)26(29)32-24/h4-12,14,16,25H,2-3,13,15H2,1H3,(H2,29,32). The maximum Gasteiger partial charge on any atom is 0.254 e. The molecule has 1 saturated carbocycles. The van der Waals surface area contributed by atoms with E-state index in [2.05, 4.69) is 15.1 Å². The quantitative estimate of drug-likeness (QED) is 0.368. The summed E-state index contributed by atoms with van der Waals surface area (Å²) >= 11 is 0. The second-order valence-corrected chi connectivity index (χ2v) is 9.87. The fourth-order valence-electron chi connectivity index (χ4n) is 5.14. The number of nitrogens with two attached hydrogens (primary N) is 1. The van der Waals surface area contributed by atoms with Crippen molar-refractivity contribution in [2.24, 2.45) is 13.0 Å². The number of ether oxygens (including phenoxy) is 1. The largest absolute Gasteiger partial charge is 0.475 e. The molecule has 0 bridgehead atoms. The molecule has 4 aromatic heterocycles. The highest BCUT2D eigenvalue weighted by Crippen LogP contribution is 2.40. The predicted octanol–water partition coefficient (Wildman–Crippen LogP) is 4.15. The molecule has 2 N–H and O–H groups in total.